The molecule has 0 radical (unpaired) electrons. The molecule has 0 amide bonds. The number of ether oxygens (including phenoxy) is 2. The summed E-state index contributed by atoms with van der Waals surface area (Å²) in [6.07, 6.45) is 0.927. The highest BCUT2D eigenvalue weighted by Gasteiger charge is 2.35. The first-order chi connectivity index (χ1) is 13.9. The molecule has 1 aliphatic rings. The molecular weight excluding hydrogens is 368 g/mol. The van der Waals surface area contributed by atoms with E-state index in [0.29, 0.717) is 0 Å². The molecule has 0 bridgehead atoms. The van der Waals surface area contributed by atoms with E-state index in [-0.39, 0.29) is 11.6 Å². The number of tetrazole rings is 1. The molecule has 0 spiro atoms. The Morgan fingerprint density at radius 2 is 1.79 bits per heavy atom. The van der Waals surface area contributed by atoms with Gasteiger partial charge in [-0.1, -0.05) is 13.8 Å². The zero-order valence-electron chi connectivity index (χ0n) is 18.6. The summed E-state index contributed by atoms with van der Waals surface area (Å²) in [5.74, 6) is 2.46. The summed E-state index contributed by atoms with van der Waals surface area (Å²) >= 11 is 0. The smallest absolute Gasteiger partial charge is 0.173 e. The average Bonchev–Trinajstić information content (AvgIpc) is 3.24. The van der Waals surface area contributed by atoms with E-state index in [1.165, 1.54) is 0 Å². The molecule has 2 aromatic rings. The second-order valence-corrected chi connectivity index (χ2v) is 8.10. The second kappa shape index (κ2) is 9.09. The van der Waals surface area contributed by atoms with Crippen LogP contribution in [0, 0.1) is 0 Å². The number of hydrogen-bond acceptors (Lipinski definition) is 7. The fourth-order valence-corrected chi connectivity index (χ4v) is 3.84. The quantitative estimate of drug-likeness (QED) is 0.672. The lowest BCUT2D eigenvalue weighted by molar-refractivity contribution is 0.104. The summed E-state index contributed by atoms with van der Waals surface area (Å²) in [6.45, 7) is 13.7. The van der Waals surface area contributed by atoms with Crippen LogP contribution in [0.1, 0.15) is 51.5 Å². The van der Waals surface area contributed by atoms with Crippen molar-refractivity contribution < 1.29 is 9.47 Å². The Morgan fingerprint density at radius 1 is 1.07 bits per heavy atom. The number of rotatable bonds is 8. The van der Waals surface area contributed by atoms with Crippen LogP contribution in [0.3, 0.4) is 0 Å². The van der Waals surface area contributed by atoms with E-state index in [4.69, 9.17) is 9.47 Å². The van der Waals surface area contributed by atoms with E-state index in [1.807, 2.05) is 22.9 Å². The highest BCUT2D eigenvalue weighted by atomic mass is 16.5. The number of piperazine rings is 1. The summed E-state index contributed by atoms with van der Waals surface area (Å²) < 4.78 is 13.2. The van der Waals surface area contributed by atoms with Crippen molar-refractivity contribution in [3.05, 3.63) is 29.6 Å². The Morgan fingerprint density at radius 3 is 2.38 bits per heavy atom. The van der Waals surface area contributed by atoms with E-state index >= 15 is 0 Å². The van der Waals surface area contributed by atoms with Gasteiger partial charge in [0.1, 0.15) is 17.5 Å². The molecular formula is C21H34N6O2. The number of nitrogens with zero attached hydrogens (tertiary/aromatic N) is 6. The number of benzene rings is 1. The standard InChI is InChI=1S/C21H34N6O2/c1-7-21(3,4)27-20(22-23-24-27)19(26-13-11-25(8-2)12-14-26)17-15-16(28-5)9-10-18(17)29-6/h9-10,15,19H,7-8,11-14H2,1-6H3. The van der Waals surface area contributed by atoms with Crippen molar-refractivity contribution in [1.29, 1.82) is 0 Å². The summed E-state index contributed by atoms with van der Waals surface area (Å²) in [4.78, 5) is 4.92. The van der Waals surface area contributed by atoms with Crippen LogP contribution in [0.25, 0.3) is 0 Å². The maximum absolute atomic E-state index is 5.74. The number of aromatic nitrogens is 4. The first kappa shape index (κ1) is 21.5. The van der Waals surface area contributed by atoms with Gasteiger partial charge in [-0.25, -0.2) is 4.68 Å². The average molecular weight is 403 g/mol. The SMILES string of the molecule is CCN1CCN(C(c2cc(OC)ccc2OC)c2nnnn2C(C)(C)CC)CC1. The monoisotopic (exact) mass is 402 g/mol. The van der Waals surface area contributed by atoms with Gasteiger partial charge in [-0.2, -0.15) is 0 Å². The number of likely N-dealkylation sites (N-methyl/N-ethyl adjacent to an activating group) is 1. The molecule has 0 N–H and O–H groups in total. The van der Waals surface area contributed by atoms with E-state index in [2.05, 4.69) is 53.0 Å². The van der Waals surface area contributed by atoms with Gasteiger partial charge in [0, 0.05) is 31.7 Å². The topological polar surface area (TPSA) is 68.5 Å². The molecule has 1 aliphatic heterocycles. The van der Waals surface area contributed by atoms with Crippen LogP contribution >= 0.6 is 0 Å². The molecule has 1 fully saturated rings. The lowest BCUT2D eigenvalue weighted by atomic mass is 9.98. The van der Waals surface area contributed by atoms with Gasteiger partial charge in [-0.15, -0.1) is 5.10 Å². The van der Waals surface area contributed by atoms with Crippen LogP contribution in [0.2, 0.25) is 0 Å². The summed E-state index contributed by atoms with van der Waals surface area (Å²) in [5.41, 5.74) is 0.841. The molecule has 160 valence electrons. The van der Waals surface area contributed by atoms with Gasteiger partial charge in [-0.05, 0) is 55.4 Å². The highest BCUT2D eigenvalue weighted by Crippen LogP contribution is 2.38. The minimum Gasteiger partial charge on any atom is -0.497 e. The molecule has 1 saturated heterocycles. The van der Waals surface area contributed by atoms with Crippen LogP contribution in [0.5, 0.6) is 11.5 Å². The number of methoxy groups -OCH3 is 2. The third kappa shape index (κ3) is 4.38. The first-order valence-corrected chi connectivity index (χ1v) is 10.4. The van der Waals surface area contributed by atoms with Crippen molar-refractivity contribution in [3.63, 3.8) is 0 Å². The van der Waals surface area contributed by atoms with Gasteiger partial charge < -0.3 is 14.4 Å². The zero-order valence-corrected chi connectivity index (χ0v) is 18.6. The van der Waals surface area contributed by atoms with E-state index in [0.717, 1.165) is 62.0 Å². The Kier molecular flexibility index (Phi) is 6.74. The maximum Gasteiger partial charge on any atom is 0.173 e. The molecule has 1 unspecified atom stereocenters. The molecule has 3 rings (SSSR count). The van der Waals surface area contributed by atoms with Crippen LogP contribution < -0.4 is 9.47 Å². The van der Waals surface area contributed by atoms with Crippen LogP contribution in [0.15, 0.2) is 18.2 Å². The Bertz CT molecular complexity index is 798. The van der Waals surface area contributed by atoms with Gasteiger partial charge in [-0.3, -0.25) is 4.90 Å². The lowest BCUT2D eigenvalue weighted by Crippen LogP contribution is -2.48. The van der Waals surface area contributed by atoms with Crippen molar-refractivity contribution in [3.8, 4) is 11.5 Å². The van der Waals surface area contributed by atoms with Crippen molar-refractivity contribution >= 4 is 0 Å². The van der Waals surface area contributed by atoms with E-state index < -0.39 is 0 Å². The van der Waals surface area contributed by atoms with Crippen LogP contribution in [-0.2, 0) is 5.54 Å². The van der Waals surface area contributed by atoms with Crippen molar-refractivity contribution in [1.82, 2.24) is 30.0 Å². The van der Waals surface area contributed by atoms with Crippen molar-refractivity contribution in [2.45, 2.75) is 45.7 Å². The van der Waals surface area contributed by atoms with Gasteiger partial charge in [0.15, 0.2) is 5.82 Å². The third-order valence-corrected chi connectivity index (χ3v) is 6.13. The Balaban J connectivity index is 2.11. The summed E-state index contributed by atoms with van der Waals surface area (Å²) in [5, 5.41) is 12.9. The van der Waals surface area contributed by atoms with Crippen molar-refractivity contribution in [2.24, 2.45) is 0 Å². The fourth-order valence-electron chi connectivity index (χ4n) is 3.84. The third-order valence-electron chi connectivity index (χ3n) is 6.13. The predicted octanol–water partition coefficient (Wildman–Crippen LogP) is 2.56. The van der Waals surface area contributed by atoms with Gasteiger partial charge in [0.2, 0.25) is 0 Å². The second-order valence-electron chi connectivity index (χ2n) is 8.10. The summed E-state index contributed by atoms with van der Waals surface area (Å²) in [7, 11) is 3.39. The minimum absolute atomic E-state index is 0.111. The molecule has 0 saturated carbocycles. The molecule has 1 aromatic carbocycles. The van der Waals surface area contributed by atoms with Gasteiger partial charge >= 0.3 is 0 Å². The van der Waals surface area contributed by atoms with E-state index in [1.54, 1.807) is 14.2 Å². The zero-order chi connectivity index (χ0) is 21.0. The molecule has 29 heavy (non-hydrogen) atoms. The lowest BCUT2D eigenvalue weighted by Gasteiger charge is -2.39. The number of hydrogen-bond donors (Lipinski definition) is 0. The van der Waals surface area contributed by atoms with E-state index in [9.17, 15) is 0 Å². The van der Waals surface area contributed by atoms with Crippen molar-refractivity contribution in [2.75, 3.05) is 46.9 Å². The van der Waals surface area contributed by atoms with Crippen LogP contribution in [0.4, 0.5) is 0 Å². The molecule has 0 aliphatic carbocycles. The normalized spacial score (nSPS) is 17.3. The Hall–Kier alpha value is -2.19. The van der Waals surface area contributed by atoms with Gasteiger partial charge in [0.25, 0.3) is 0 Å². The largest absolute Gasteiger partial charge is 0.497 e. The fraction of sp³-hybridized carbons (Fsp3) is 0.667. The first-order valence-electron chi connectivity index (χ1n) is 10.4. The molecule has 8 heteroatoms. The highest BCUT2D eigenvalue weighted by molar-refractivity contribution is 5.44. The molecule has 2 heterocycles. The molecule has 1 aromatic heterocycles. The predicted molar refractivity (Wildman–Crippen MR) is 113 cm³/mol. The summed E-state index contributed by atoms with van der Waals surface area (Å²) in [6, 6.07) is 5.82. The Labute approximate surface area is 173 Å². The maximum atomic E-state index is 5.74. The molecule has 1 atom stereocenters. The molecule has 8 nitrogen and oxygen atoms in total. The minimum atomic E-state index is -0.186. The van der Waals surface area contributed by atoms with Gasteiger partial charge in [0.05, 0.1) is 19.8 Å². The van der Waals surface area contributed by atoms with Crippen LogP contribution in [-0.4, -0.2) is 77.0 Å².